The van der Waals surface area contributed by atoms with E-state index in [0.717, 1.165) is 28.2 Å². The molecule has 3 aromatic rings. The maximum atomic E-state index is 6.13. The maximum Gasteiger partial charge on any atom is 0.152 e. The molecule has 0 unspecified atom stereocenters. The Morgan fingerprint density at radius 2 is 2.10 bits per heavy atom. The maximum absolute atomic E-state index is 6.13. The highest BCUT2D eigenvalue weighted by Crippen LogP contribution is 2.24. The fourth-order valence-corrected chi connectivity index (χ4v) is 3.14. The lowest BCUT2D eigenvalue weighted by Gasteiger charge is -2.18. The first kappa shape index (κ1) is 14.4. The number of alkyl halides is 1. The predicted molar refractivity (Wildman–Crippen MR) is 91.0 cm³/mol. The number of benzene rings is 1. The Balaban J connectivity index is 1.95. The minimum absolute atomic E-state index is 0.434. The van der Waals surface area contributed by atoms with Crippen LogP contribution in [0.25, 0.3) is 5.65 Å². The van der Waals surface area contributed by atoms with Crippen LogP contribution in [-0.2, 0) is 12.4 Å². The van der Waals surface area contributed by atoms with Gasteiger partial charge < -0.3 is 9.30 Å². The number of nitrogens with zero attached hydrogens (tertiary/aromatic N) is 3. The lowest BCUT2D eigenvalue weighted by Crippen LogP contribution is -2.18. The lowest BCUT2D eigenvalue weighted by atomic mass is 10.2. The molecule has 0 N–H and O–H groups in total. The van der Waals surface area contributed by atoms with Crippen molar-refractivity contribution < 1.29 is 0 Å². The molecule has 0 radical (unpaired) electrons. The van der Waals surface area contributed by atoms with Crippen LogP contribution in [0.1, 0.15) is 11.3 Å². The summed E-state index contributed by atoms with van der Waals surface area (Å²) in [6, 6.07) is 14.3. The number of hydrogen-bond donors (Lipinski definition) is 0. The molecule has 0 amide bonds. The molecule has 1 aromatic carbocycles. The summed E-state index contributed by atoms with van der Waals surface area (Å²) < 4.78 is 3.13. The Labute approximate surface area is 137 Å². The number of anilines is 1. The largest absolute Gasteiger partial charge is 0.354 e. The van der Waals surface area contributed by atoms with E-state index in [9.17, 15) is 0 Å². The summed E-state index contributed by atoms with van der Waals surface area (Å²) in [7, 11) is 2.04. The zero-order valence-corrected chi connectivity index (χ0v) is 14.0. The lowest BCUT2D eigenvalue weighted by molar-refractivity contribution is 0.893. The number of halogens is 2. The number of hydrogen-bond acceptors (Lipinski definition) is 2. The number of imidazole rings is 1. The molecule has 0 aliphatic carbocycles. The van der Waals surface area contributed by atoms with E-state index in [-0.39, 0.29) is 0 Å². The van der Waals surface area contributed by atoms with Gasteiger partial charge in [-0.15, -0.1) is 11.6 Å². The molecule has 0 spiro atoms. The van der Waals surface area contributed by atoms with Crippen LogP contribution in [0.2, 0.25) is 0 Å². The summed E-state index contributed by atoms with van der Waals surface area (Å²) in [5.74, 6) is 1.36. The van der Waals surface area contributed by atoms with E-state index >= 15 is 0 Å². The highest BCUT2D eigenvalue weighted by atomic mass is 79.9. The van der Waals surface area contributed by atoms with Crippen LogP contribution in [-0.4, -0.2) is 16.4 Å². The summed E-state index contributed by atoms with van der Waals surface area (Å²) in [5.41, 5.74) is 3.17. The van der Waals surface area contributed by atoms with Crippen molar-refractivity contribution in [1.29, 1.82) is 0 Å². The molecule has 0 aliphatic heterocycles. The first-order chi connectivity index (χ1) is 10.2. The molecule has 0 fully saturated rings. The van der Waals surface area contributed by atoms with Gasteiger partial charge in [0.1, 0.15) is 5.65 Å². The molecule has 5 heteroatoms. The van der Waals surface area contributed by atoms with Crippen LogP contribution >= 0.6 is 27.5 Å². The van der Waals surface area contributed by atoms with E-state index in [0.29, 0.717) is 5.88 Å². The van der Waals surface area contributed by atoms with Crippen LogP contribution in [0.15, 0.2) is 53.1 Å². The van der Waals surface area contributed by atoms with Crippen molar-refractivity contribution in [3.63, 3.8) is 0 Å². The quantitative estimate of drug-likeness (QED) is 0.637. The van der Waals surface area contributed by atoms with Gasteiger partial charge in [-0.3, -0.25) is 0 Å². The fourth-order valence-electron chi connectivity index (χ4n) is 2.45. The van der Waals surface area contributed by atoms with Crippen LogP contribution < -0.4 is 4.90 Å². The third kappa shape index (κ3) is 2.92. The molecular weight excluding hydrogens is 350 g/mol. The third-order valence-corrected chi connectivity index (χ3v) is 4.15. The molecule has 0 bridgehead atoms. The normalized spacial score (nSPS) is 11.0. The van der Waals surface area contributed by atoms with Gasteiger partial charge in [-0.05, 0) is 29.8 Å². The van der Waals surface area contributed by atoms with Crippen molar-refractivity contribution in [3.05, 3.63) is 64.4 Å². The van der Waals surface area contributed by atoms with E-state index in [1.54, 1.807) is 0 Å². The van der Waals surface area contributed by atoms with Gasteiger partial charge in [-0.1, -0.05) is 34.1 Å². The average molecular weight is 365 g/mol. The second-order valence-corrected chi connectivity index (χ2v) is 6.11. The van der Waals surface area contributed by atoms with Gasteiger partial charge in [-0.25, -0.2) is 4.98 Å². The number of fused-ring (bicyclic) bond motifs is 1. The number of pyridine rings is 1. The van der Waals surface area contributed by atoms with E-state index in [2.05, 4.69) is 33.0 Å². The molecule has 3 rings (SSSR count). The monoisotopic (exact) mass is 363 g/mol. The number of rotatable bonds is 4. The molecule has 0 atom stereocenters. The van der Waals surface area contributed by atoms with Gasteiger partial charge in [0.05, 0.1) is 11.6 Å². The molecule has 0 saturated carbocycles. The summed E-state index contributed by atoms with van der Waals surface area (Å²) in [5, 5.41) is 0. The smallest absolute Gasteiger partial charge is 0.152 e. The van der Waals surface area contributed by atoms with Crippen molar-refractivity contribution in [1.82, 2.24) is 9.38 Å². The van der Waals surface area contributed by atoms with Crippen molar-refractivity contribution in [3.8, 4) is 0 Å². The van der Waals surface area contributed by atoms with Crippen molar-refractivity contribution in [2.45, 2.75) is 12.4 Å². The van der Waals surface area contributed by atoms with E-state index in [4.69, 9.17) is 16.6 Å². The highest BCUT2D eigenvalue weighted by molar-refractivity contribution is 9.10. The minimum Gasteiger partial charge on any atom is -0.354 e. The van der Waals surface area contributed by atoms with Gasteiger partial charge in [0.2, 0.25) is 0 Å². The predicted octanol–water partition coefficient (Wildman–Crippen LogP) is 4.47. The molecule has 21 heavy (non-hydrogen) atoms. The molecule has 0 saturated heterocycles. The summed E-state index contributed by atoms with van der Waals surface area (Å²) in [6.45, 7) is 0.785. The van der Waals surface area contributed by atoms with E-state index in [1.165, 1.54) is 5.56 Å². The highest BCUT2D eigenvalue weighted by Gasteiger charge is 2.15. The standard InChI is InChI=1S/C16H15BrClN3/c1-20(11-12-5-4-6-13(17)9-12)16-14(10-18)21-8-3-2-7-15(21)19-16/h2-9H,10-11H2,1H3. The first-order valence-electron chi connectivity index (χ1n) is 6.66. The van der Waals surface area contributed by atoms with Gasteiger partial charge in [0.15, 0.2) is 5.82 Å². The van der Waals surface area contributed by atoms with Gasteiger partial charge >= 0.3 is 0 Å². The second-order valence-electron chi connectivity index (χ2n) is 4.93. The Morgan fingerprint density at radius 1 is 1.24 bits per heavy atom. The van der Waals surface area contributed by atoms with E-state index < -0.39 is 0 Å². The SMILES string of the molecule is CN(Cc1cccc(Br)c1)c1nc2ccccn2c1CCl. The van der Waals surface area contributed by atoms with E-state index in [1.807, 2.05) is 48.0 Å². The minimum atomic E-state index is 0.434. The molecule has 108 valence electrons. The van der Waals surface area contributed by atoms with Crippen molar-refractivity contribution in [2.24, 2.45) is 0 Å². The van der Waals surface area contributed by atoms with Crippen LogP contribution in [0.5, 0.6) is 0 Å². The summed E-state index contributed by atoms with van der Waals surface area (Å²) in [4.78, 5) is 6.83. The fraction of sp³-hybridized carbons (Fsp3) is 0.188. The van der Waals surface area contributed by atoms with Gasteiger partial charge in [0, 0.05) is 24.3 Å². The zero-order valence-electron chi connectivity index (χ0n) is 11.6. The average Bonchev–Trinajstić information content (AvgIpc) is 2.86. The number of aromatic nitrogens is 2. The Hall–Kier alpha value is -1.52. The molecule has 3 nitrogen and oxygen atoms in total. The Morgan fingerprint density at radius 3 is 2.86 bits per heavy atom. The Bertz CT molecular complexity index is 769. The molecule has 0 aliphatic rings. The third-order valence-electron chi connectivity index (χ3n) is 3.40. The van der Waals surface area contributed by atoms with Crippen LogP contribution in [0.4, 0.5) is 5.82 Å². The van der Waals surface area contributed by atoms with Gasteiger partial charge in [0.25, 0.3) is 0 Å². The van der Waals surface area contributed by atoms with Crippen molar-refractivity contribution >= 4 is 39.0 Å². The van der Waals surface area contributed by atoms with Gasteiger partial charge in [-0.2, -0.15) is 0 Å². The zero-order chi connectivity index (χ0) is 14.8. The topological polar surface area (TPSA) is 20.5 Å². The first-order valence-corrected chi connectivity index (χ1v) is 7.99. The molecule has 2 aromatic heterocycles. The van der Waals surface area contributed by atoms with Crippen LogP contribution in [0.3, 0.4) is 0 Å². The van der Waals surface area contributed by atoms with Crippen molar-refractivity contribution in [2.75, 3.05) is 11.9 Å². The second kappa shape index (κ2) is 6.08. The summed E-state index contributed by atoms with van der Waals surface area (Å²) >= 11 is 9.63. The molecular formula is C16H15BrClN3. The van der Waals surface area contributed by atoms with Crippen LogP contribution in [0, 0.1) is 0 Å². The Kier molecular flexibility index (Phi) is 4.17. The molecule has 2 heterocycles. The summed E-state index contributed by atoms with van der Waals surface area (Å²) in [6.07, 6.45) is 2.00.